The average Bonchev–Trinajstić information content (AvgIpc) is 2.49. The fraction of sp³-hybridized carbons (Fsp3) is 0.294. The molecule has 0 saturated heterocycles. The van der Waals surface area contributed by atoms with Crippen molar-refractivity contribution in [3.8, 4) is 0 Å². The average molecular weight is 288 g/mol. The molecule has 0 amide bonds. The van der Waals surface area contributed by atoms with Gasteiger partial charge in [0.05, 0.1) is 12.8 Å². The van der Waals surface area contributed by atoms with E-state index in [0.29, 0.717) is 12.8 Å². The first-order valence-corrected chi connectivity index (χ1v) is 8.89. The molecule has 0 aliphatic carbocycles. The molecule has 106 valence electrons. The quantitative estimate of drug-likeness (QED) is 0.549. The largest absolute Gasteiger partial charge is 0.325 e. The first-order chi connectivity index (χ1) is 9.74. The van der Waals surface area contributed by atoms with E-state index in [1.54, 1.807) is 0 Å². The van der Waals surface area contributed by atoms with Crippen LogP contribution in [0, 0.1) is 0 Å². The summed E-state index contributed by atoms with van der Waals surface area (Å²) in [6.45, 7) is 2.66. The van der Waals surface area contributed by atoms with Crippen LogP contribution in [0.2, 0.25) is 0 Å². The van der Waals surface area contributed by atoms with Crippen LogP contribution in [0.5, 0.6) is 0 Å². The highest BCUT2D eigenvalue weighted by atomic mass is 31.2. The molecular weight excluding hydrogens is 267 g/mol. The first-order valence-electron chi connectivity index (χ1n) is 7.08. The molecule has 0 bridgehead atoms. The number of rotatable bonds is 7. The summed E-state index contributed by atoms with van der Waals surface area (Å²) in [5, 5.41) is 0.806. The van der Waals surface area contributed by atoms with Gasteiger partial charge in [0.25, 0.3) is 0 Å². The molecule has 0 radical (unpaired) electrons. The number of hydrogen-bond donors (Lipinski definition) is 0. The van der Waals surface area contributed by atoms with E-state index in [-0.39, 0.29) is 0 Å². The first kappa shape index (κ1) is 15.0. The Morgan fingerprint density at radius 1 is 0.950 bits per heavy atom. The Hall–Kier alpha value is -1.37. The Kier molecular flexibility index (Phi) is 5.58. The van der Waals surface area contributed by atoms with Gasteiger partial charge in [-0.3, -0.25) is 4.57 Å². The molecule has 0 aromatic heterocycles. The second-order valence-corrected chi connectivity index (χ2v) is 7.28. The van der Waals surface area contributed by atoms with E-state index in [1.165, 1.54) is 0 Å². The van der Waals surface area contributed by atoms with Gasteiger partial charge in [-0.1, -0.05) is 61.9 Å². The lowest BCUT2D eigenvalue weighted by atomic mass is 10.2. The molecule has 1 unspecified atom stereocenters. The standard InChI is InChI=1S/C17H21O2P/c1-2-3-14-19-20(18,17-12-8-5-9-13-17)15-16-10-6-4-7-11-16/h4-13H,2-3,14-15H2,1H3. The highest BCUT2D eigenvalue weighted by Gasteiger charge is 2.25. The zero-order chi connectivity index (χ0) is 14.3. The monoisotopic (exact) mass is 288 g/mol. The second-order valence-electron chi connectivity index (χ2n) is 4.84. The zero-order valence-electron chi connectivity index (χ0n) is 11.9. The van der Waals surface area contributed by atoms with Crippen LogP contribution in [-0.4, -0.2) is 6.61 Å². The predicted molar refractivity (Wildman–Crippen MR) is 84.7 cm³/mol. The lowest BCUT2D eigenvalue weighted by molar-refractivity contribution is 0.311. The van der Waals surface area contributed by atoms with Gasteiger partial charge in [0.15, 0.2) is 0 Å². The highest BCUT2D eigenvalue weighted by Crippen LogP contribution is 2.49. The summed E-state index contributed by atoms with van der Waals surface area (Å²) in [7, 11) is -2.82. The molecular formula is C17H21O2P. The Balaban J connectivity index is 2.22. The Bertz CT molecular complexity index is 552. The third kappa shape index (κ3) is 4.06. The lowest BCUT2D eigenvalue weighted by Crippen LogP contribution is -2.10. The number of benzene rings is 2. The van der Waals surface area contributed by atoms with Crippen LogP contribution in [0.3, 0.4) is 0 Å². The number of unbranched alkanes of at least 4 members (excludes halogenated alkanes) is 1. The van der Waals surface area contributed by atoms with Crippen molar-refractivity contribution in [2.75, 3.05) is 6.61 Å². The van der Waals surface area contributed by atoms with E-state index >= 15 is 0 Å². The van der Waals surface area contributed by atoms with Gasteiger partial charge in [0.1, 0.15) is 0 Å². The van der Waals surface area contributed by atoms with Crippen molar-refractivity contribution in [1.82, 2.24) is 0 Å². The summed E-state index contributed by atoms with van der Waals surface area (Å²) in [6.07, 6.45) is 2.44. The Morgan fingerprint density at radius 2 is 1.55 bits per heavy atom. The minimum Gasteiger partial charge on any atom is -0.325 e. The van der Waals surface area contributed by atoms with Crippen LogP contribution in [0.25, 0.3) is 0 Å². The van der Waals surface area contributed by atoms with E-state index in [0.717, 1.165) is 23.7 Å². The summed E-state index contributed by atoms with van der Waals surface area (Å²) in [4.78, 5) is 0. The van der Waals surface area contributed by atoms with Gasteiger partial charge in [-0.05, 0) is 24.1 Å². The van der Waals surface area contributed by atoms with Crippen LogP contribution in [0.15, 0.2) is 60.7 Å². The van der Waals surface area contributed by atoms with Crippen molar-refractivity contribution >= 4 is 12.7 Å². The van der Waals surface area contributed by atoms with Crippen molar-refractivity contribution < 1.29 is 9.09 Å². The Morgan fingerprint density at radius 3 is 2.15 bits per heavy atom. The molecule has 0 heterocycles. The van der Waals surface area contributed by atoms with Crippen LogP contribution in [0.1, 0.15) is 25.3 Å². The van der Waals surface area contributed by atoms with E-state index in [2.05, 4.69) is 6.92 Å². The molecule has 20 heavy (non-hydrogen) atoms. The van der Waals surface area contributed by atoms with Gasteiger partial charge < -0.3 is 4.52 Å². The summed E-state index contributed by atoms with van der Waals surface area (Å²) in [6, 6.07) is 19.5. The Labute approximate surface area is 121 Å². The van der Waals surface area contributed by atoms with Crippen molar-refractivity contribution in [2.24, 2.45) is 0 Å². The fourth-order valence-electron chi connectivity index (χ4n) is 2.05. The lowest BCUT2D eigenvalue weighted by Gasteiger charge is -2.19. The van der Waals surface area contributed by atoms with Crippen molar-refractivity contribution in [3.63, 3.8) is 0 Å². The summed E-state index contributed by atoms with van der Waals surface area (Å²) >= 11 is 0. The number of hydrogen-bond acceptors (Lipinski definition) is 2. The molecule has 3 heteroatoms. The minimum absolute atomic E-state index is 0.460. The molecule has 0 aliphatic heterocycles. The molecule has 2 nitrogen and oxygen atoms in total. The maximum absolute atomic E-state index is 13.2. The molecule has 2 rings (SSSR count). The summed E-state index contributed by atoms with van der Waals surface area (Å²) in [5.41, 5.74) is 1.05. The SMILES string of the molecule is CCCCOP(=O)(Cc1ccccc1)c1ccccc1. The molecule has 2 aromatic carbocycles. The maximum Gasteiger partial charge on any atom is 0.236 e. The minimum atomic E-state index is -2.82. The summed E-state index contributed by atoms with van der Waals surface area (Å²) < 4.78 is 19.1. The third-order valence-electron chi connectivity index (χ3n) is 3.18. The van der Waals surface area contributed by atoms with Crippen LogP contribution in [0.4, 0.5) is 0 Å². The molecule has 0 fully saturated rings. The molecule has 0 spiro atoms. The molecule has 2 aromatic rings. The van der Waals surface area contributed by atoms with E-state index in [9.17, 15) is 4.57 Å². The normalized spacial score (nSPS) is 13.8. The van der Waals surface area contributed by atoms with Gasteiger partial charge in [0.2, 0.25) is 7.37 Å². The van der Waals surface area contributed by atoms with Crippen molar-refractivity contribution in [3.05, 3.63) is 66.2 Å². The highest BCUT2D eigenvalue weighted by molar-refractivity contribution is 7.66. The van der Waals surface area contributed by atoms with Gasteiger partial charge in [0, 0.05) is 5.30 Å². The van der Waals surface area contributed by atoms with E-state index in [1.807, 2.05) is 60.7 Å². The third-order valence-corrected chi connectivity index (χ3v) is 5.65. The van der Waals surface area contributed by atoms with E-state index < -0.39 is 7.37 Å². The predicted octanol–water partition coefficient (Wildman–Crippen LogP) is 4.61. The topological polar surface area (TPSA) is 26.3 Å². The van der Waals surface area contributed by atoms with Gasteiger partial charge in [-0.25, -0.2) is 0 Å². The molecule has 0 saturated carbocycles. The molecule has 0 aliphatic rings. The maximum atomic E-state index is 13.2. The molecule has 0 N–H and O–H groups in total. The van der Waals surface area contributed by atoms with Crippen LogP contribution < -0.4 is 5.30 Å². The fourth-order valence-corrected chi connectivity index (χ4v) is 4.21. The van der Waals surface area contributed by atoms with Crippen LogP contribution in [-0.2, 0) is 15.3 Å². The second kappa shape index (κ2) is 7.42. The van der Waals surface area contributed by atoms with Gasteiger partial charge in [-0.2, -0.15) is 0 Å². The van der Waals surface area contributed by atoms with Gasteiger partial charge >= 0.3 is 0 Å². The van der Waals surface area contributed by atoms with Crippen LogP contribution >= 0.6 is 7.37 Å². The van der Waals surface area contributed by atoms with Gasteiger partial charge in [-0.15, -0.1) is 0 Å². The zero-order valence-corrected chi connectivity index (χ0v) is 12.8. The van der Waals surface area contributed by atoms with Crippen molar-refractivity contribution in [2.45, 2.75) is 25.9 Å². The smallest absolute Gasteiger partial charge is 0.236 e. The molecule has 1 atom stereocenters. The summed E-state index contributed by atoms with van der Waals surface area (Å²) in [5.74, 6) is 0. The van der Waals surface area contributed by atoms with E-state index in [4.69, 9.17) is 4.52 Å². The van der Waals surface area contributed by atoms with Crippen molar-refractivity contribution in [1.29, 1.82) is 0 Å².